The van der Waals surface area contributed by atoms with E-state index < -0.39 is 0 Å². The lowest BCUT2D eigenvalue weighted by atomic mass is 10.1. The zero-order valence-electron chi connectivity index (χ0n) is 11.5. The van der Waals surface area contributed by atoms with E-state index in [0.29, 0.717) is 11.3 Å². The summed E-state index contributed by atoms with van der Waals surface area (Å²) in [6.45, 7) is 0.0402. The summed E-state index contributed by atoms with van der Waals surface area (Å²) >= 11 is 1.60. The number of hydrogen-bond acceptors (Lipinski definition) is 3. The molecular formula is C16H14N2O2S. The van der Waals surface area contributed by atoms with E-state index in [1.54, 1.807) is 23.9 Å². The largest absolute Gasteiger partial charge is 0.323 e. The van der Waals surface area contributed by atoms with Crippen molar-refractivity contribution in [3.05, 3.63) is 54.1 Å². The summed E-state index contributed by atoms with van der Waals surface area (Å²) in [4.78, 5) is 27.0. The van der Waals surface area contributed by atoms with Gasteiger partial charge >= 0.3 is 0 Å². The molecule has 2 aromatic rings. The van der Waals surface area contributed by atoms with E-state index in [0.717, 1.165) is 10.6 Å². The molecule has 0 aliphatic carbocycles. The van der Waals surface area contributed by atoms with Crippen molar-refractivity contribution in [2.24, 2.45) is 0 Å². The van der Waals surface area contributed by atoms with Crippen molar-refractivity contribution >= 4 is 35.0 Å². The van der Waals surface area contributed by atoms with Crippen LogP contribution in [0.1, 0.15) is 10.4 Å². The van der Waals surface area contributed by atoms with Gasteiger partial charge in [0.15, 0.2) is 0 Å². The van der Waals surface area contributed by atoms with Crippen molar-refractivity contribution < 1.29 is 9.59 Å². The van der Waals surface area contributed by atoms with E-state index in [1.807, 2.05) is 42.7 Å². The van der Waals surface area contributed by atoms with Crippen molar-refractivity contribution in [2.45, 2.75) is 4.90 Å². The van der Waals surface area contributed by atoms with Crippen LogP contribution in [0.4, 0.5) is 11.4 Å². The summed E-state index contributed by atoms with van der Waals surface area (Å²) in [6.07, 6.45) is 1.98. The Morgan fingerprint density at radius 1 is 1.19 bits per heavy atom. The van der Waals surface area contributed by atoms with Gasteiger partial charge in [-0.2, -0.15) is 0 Å². The average molecular weight is 298 g/mol. The second kappa shape index (κ2) is 5.61. The molecule has 2 aromatic carbocycles. The van der Waals surface area contributed by atoms with Gasteiger partial charge in [0.2, 0.25) is 5.91 Å². The molecule has 1 aliphatic heterocycles. The van der Waals surface area contributed by atoms with Gasteiger partial charge in [-0.05, 0) is 36.6 Å². The van der Waals surface area contributed by atoms with Crippen LogP contribution in [-0.2, 0) is 4.79 Å². The molecule has 0 spiro atoms. The molecule has 1 heterocycles. The fraction of sp³-hybridized carbons (Fsp3) is 0.125. The predicted octanol–water partition coefficient (Wildman–Crippen LogP) is 3.01. The number of fused-ring (bicyclic) bond motifs is 1. The number of rotatable bonds is 2. The van der Waals surface area contributed by atoms with E-state index in [-0.39, 0.29) is 18.4 Å². The Labute approximate surface area is 127 Å². The number of nitrogens with one attached hydrogen (secondary N) is 1. The Morgan fingerprint density at radius 2 is 1.95 bits per heavy atom. The Bertz CT molecular complexity index is 701. The second-order valence-corrected chi connectivity index (χ2v) is 5.57. The fourth-order valence-electron chi connectivity index (χ4n) is 2.30. The summed E-state index contributed by atoms with van der Waals surface area (Å²) in [5.41, 5.74) is 2.00. The molecule has 0 saturated heterocycles. The molecule has 2 amide bonds. The number of hydrogen-bond donors (Lipinski definition) is 1. The molecule has 0 atom stereocenters. The summed E-state index contributed by atoms with van der Waals surface area (Å²) < 4.78 is 0. The quantitative estimate of drug-likeness (QED) is 0.867. The molecule has 3 rings (SSSR count). The lowest BCUT2D eigenvalue weighted by Crippen LogP contribution is -2.42. The third kappa shape index (κ3) is 2.64. The van der Waals surface area contributed by atoms with Gasteiger partial charge in [-0.15, -0.1) is 11.8 Å². The molecule has 0 saturated carbocycles. The van der Waals surface area contributed by atoms with Crippen LogP contribution in [0, 0.1) is 0 Å². The number of amides is 2. The number of anilines is 2. The second-order valence-electron chi connectivity index (χ2n) is 4.69. The van der Waals surface area contributed by atoms with Crippen LogP contribution in [0.5, 0.6) is 0 Å². The molecule has 0 radical (unpaired) electrons. The molecule has 4 nitrogen and oxygen atoms in total. The Kier molecular flexibility index (Phi) is 3.66. The Morgan fingerprint density at radius 3 is 2.67 bits per heavy atom. The van der Waals surface area contributed by atoms with Crippen LogP contribution in [0.2, 0.25) is 0 Å². The van der Waals surface area contributed by atoms with Gasteiger partial charge in [-0.25, -0.2) is 0 Å². The van der Waals surface area contributed by atoms with Crippen molar-refractivity contribution in [3.8, 4) is 0 Å². The first-order chi connectivity index (χ1) is 10.2. The van der Waals surface area contributed by atoms with Gasteiger partial charge in [0.25, 0.3) is 5.91 Å². The maximum atomic E-state index is 12.6. The van der Waals surface area contributed by atoms with E-state index >= 15 is 0 Å². The smallest absolute Gasteiger partial charge is 0.258 e. The molecule has 1 N–H and O–H groups in total. The van der Waals surface area contributed by atoms with Crippen LogP contribution in [0.25, 0.3) is 0 Å². The van der Waals surface area contributed by atoms with E-state index in [9.17, 15) is 9.59 Å². The minimum absolute atomic E-state index is 0.0402. The molecular weight excluding hydrogens is 284 g/mol. The Balaban J connectivity index is 2.04. The highest BCUT2D eigenvalue weighted by Crippen LogP contribution is 2.33. The van der Waals surface area contributed by atoms with Gasteiger partial charge in [0, 0.05) is 10.5 Å². The lowest BCUT2D eigenvalue weighted by molar-refractivity contribution is -0.115. The summed E-state index contributed by atoms with van der Waals surface area (Å²) in [5.74, 6) is -0.339. The predicted molar refractivity (Wildman–Crippen MR) is 85.0 cm³/mol. The first-order valence-corrected chi connectivity index (χ1v) is 7.76. The molecule has 0 unspecified atom stereocenters. The lowest BCUT2D eigenvalue weighted by Gasteiger charge is -2.29. The van der Waals surface area contributed by atoms with Crippen LogP contribution in [0.3, 0.4) is 0 Å². The molecule has 106 valence electrons. The normalized spacial score (nSPS) is 13.6. The van der Waals surface area contributed by atoms with Crippen LogP contribution in [-0.4, -0.2) is 24.6 Å². The molecule has 0 bridgehead atoms. The highest BCUT2D eigenvalue weighted by atomic mass is 32.2. The number of carbonyl (C=O) groups is 2. The van der Waals surface area contributed by atoms with Crippen molar-refractivity contribution in [2.75, 3.05) is 23.0 Å². The van der Waals surface area contributed by atoms with Crippen LogP contribution in [0.15, 0.2) is 53.4 Å². The monoisotopic (exact) mass is 298 g/mol. The van der Waals surface area contributed by atoms with Gasteiger partial charge in [0.1, 0.15) is 6.54 Å². The van der Waals surface area contributed by atoms with E-state index in [1.165, 1.54) is 4.90 Å². The highest BCUT2D eigenvalue weighted by Gasteiger charge is 2.27. The third-order valence-electron chi connectivity index (χ3n) is 3.34. The van der Waals surface area contributed by atoms with Crippen molar-refractivity contribution in [1.29, 1.82) is 0 Å². The minimum Gasteiger partial charge on any atom is -0.323 e. The van der Waals surface area contributed by atoms with Crippen LogP contribution >= 0.6 is 11.8 Å². The topological polar surface area (TPSA) is 49.4 Å². The fourth-order valence-corrected chi connectivity index (χ4v) is 2.74. The summed E-state index contributed by atoms with van der Waals surface area (Å²) in [7, 11) is 0. The van der Waals surface area contributed by atoms with Gasteiger partial charge in [0.05, 0.1) is 11.4 Å². The first kappa shape index (κ1) is 13.7. The van der Waals surface area contributed by atoms with E-state index in [2.05, 4.69) is 5.32 Å². The first-order valence-electron chi connectivity index (χ1n) is 6.54. The van der Waals surface area contributed by atoms with E-state index in [4.69, 9.17) is 0 Å². The maximum Gasteiger partial charge on any atom is 0.258 e. The standard InChI is InChI=1S/C16H14N2O2S/c1-21-12-7-8-13-14(9-12)18(10-15(19)17-13)16(20)11-5-3-2-4-6-11/h2-9H,10H2,1H3,(H,17,19). The average Bonchev–Trinajstić information content (AvgIpc) is 2.53. The number of nitrogens with zero attached hydrogens (tertiary/aromatic N) is 1. The number of thioether (sulfide) groups is 1. The molecule has 0 aromatic heterocycles. The molecule has 21 heavy (non-hydrogen) atoms. The van der Waals surface area contributed by atoms with Crippen molar-refractivity contribution in [3.63, 3.8) is 0 Å². The van der Waals surface area contributed by atoms with Crippen molar-refractivity contribution in [1.82, 2.24) is 0 Å². The van der Waals surface area contributed by atoms with Gasteiger partial charge < -0.3 is 5.32 Å². The maximum absolute atomic E-state index is 12.6. The summed E-state index contributed by atoms with van der Waals surface area (Å²) in [5, 5.41) is 2.81. The third-order valence-corrected chi connectivity index (χ3v) is 4.06. The Hall–Kier alpha value is -2.27. The number of benzene rings is 2. The molecule has 5 heteroatoms. The highest BCUT2D eigenvalue weighted by molar-refractivity contribution is 7.98. The SMILES string of the molecule is CSc1ccc2c(c1)N(C(=O)c1ccccc1)CC(=O)N2. The molecule has 0 fully saturated rings. The number of carbonyl (C=O) groups excluding carboxylic acids is 2. The minimum atomic E-state index is -0.177. The zero-order valence-corrected chi connectivity index (χ0v) is 12.3. The zero-order chi connectivity index (χ0) is 14.8. The van der Waals surface area contributed by atoms with Gasteiger partial charge in [-0.1, -0.05) is 18.2 Å². The summed E-state index contributed by atoms with van der Waals surface area (Å²) in [6, 6.07) is 14.7. The van der Waals surface area contributed by atoms with Crippen LogP contribution < -0.4 is 10.2 Å². The molecule has 1 aliphatic rings. The van der Waals surface area contributed by atoms with Gasteiger partial charge in [-0.3, -0.25) is 14.5 Å².